The zero-order chi connectivity index (χ0) is 16.3. The minimum Gasteiger partial charge on any atom is -0.491 e. The molecular formula is C15H21NO5S. The highest BCUT2D eigenvalue weighted by Gasteiger charge is 2.35. The first-order valence-electron chi connectivity index (χ1n) is 7.20. The van der Waals surface area contributed by atoms with Crippen LogP contribution >= 0.6 is 0 Å². The Balaban J connectivity index is 2.13. The molecule has 22 heavy (non-hydrogen) atoms. The predicted molar refractivity (Wildman–Crippen MR) is 82.7 cm³/mol. The molecule has 0 aromatic heterocycles. The Hall–Kier alpha value is -1.60. The van der Waals surface area contributed by atoms with Crippen molar-refractivity contribution in [2.75, 3.05) is 18.1 Å². The molecule has 1 aliphatic rings. The second-order valence-corrected chi connectivity index (χ2v) is 7.98. The number of hydrogen-bond acceptors (Lipinski definition) is 5. The van der Waals surface area contributed by atoms with E-state index in [-0.39, 0.29) is 24.2 Å². The van der Waals surface area contributed by atoms with Crippen molar-refractivity contribution in [3.05, 3.63) is 29.8 Å². The molecule has 1 atom stereocenters. The summed E-state index contributed by atoms with van der Waals surface area (Å²) in [5, 5.41) is 9.26. The van der Waals surface area contributed by atoms with Crippen molar-refractivity contribution in [3.63, 3.8) is 0 Å². The molecule has 0 aliphatic carbocycles. The molecule has 1 saturated heterocycles. The van der Waals surface area contributed by atoms with Gasteiger partial charge >= 0.3 is 5.97 Å². The summed E-state index contributed by atoms with van der Waals surface area (Å²) in [6.45, 7) is 4.49. The number of carboxylic acid groups (broad SMARTS) is 1. The second-order valence-electron chi connectivity index (χ2n) is 5.75. The Bertz CT molecular complexity index is 641. The highest BCUT2D eigenvalue weighted by atomic mass is 32.2. The van der Waals surface area contributed by atoms with E-state index in [0.717, 1.165) is 11.3 Å². The van der Waals surface area contributed by atoms with E-state index in [1.165, 1.54) is 0 Å². The van der Waals surface area contributed by atoms with Crippen molar-refractivity contribution in [1.29, 1.82) is 0 Å². The van der Waals surface area contributed by atoms with Crippen LogP contribution in [-0.2, 0) is 21.2 Å². The van der Waals surface area contributed by atoms with E-state index < -0.39 is 21.8 Å². The summed E-state index contributed by atoms with van der Waals surface area (Å²) >= 11 is 0. The van der Waals surface area contributed by atoms with Gasteiger partial charge in [-0.3, -0.25) is 9.69 Å². The summed E-state index contributed by atoms with van der Waals surface area (Å²) < 4.78 is 28.9. The van der Waals surface area contributed by atoms with E-state index in [9.17, 15) is 18.3 Å². The number of carbonyl (C=O) groups is 1. The fraction of sp³-hybridized carbons (Fsp3) is 0.533. The van der Waals surface area contributed by atoms with Crippen LogP contribution in [0.5, 0.6) is 5.75 Å². The summed E-state index contributed by atoms with van der Waals surface area (Å²) in [6, 6.07) is 6.45. The van der Waals surface area contributed by atoms with Crippen molar-refractivity contribution < 1.29 is 23.1 Å². The zero-order valence-corrected chi connectivity index (χ0v) is 13.5. The number of carboxylic acids is 1. The average molecular weight is 327 g/mol. The Morgan fingerprint density at radius 2 is 2.18 bits per heavy atom. The largest absolute Gasteiger partial charge is 0.491 e. The molecule has 2 rings (SSSR count). The third-order valence-corrected chi connectivity index (χ3v) is 5.11. The van der Waals surface area contributed by atoms with Gasteiger partial charge in [0.05, 0.1) is 17.6 Å². The number of hydrogen-bond donors (Lipinski definition) is 1. The third-order valence-electron chi connectivity index (χ3n) is 3.48. The number of aliphatic carboxylic acids is 1. The van der Waals surface area contributed by atoms with Gasteiger partial charge in [0.1, 0.15) is 11.8 Å². The first-order valence-corrected chi connectivity index (χ1v) is 9.02. The fourth-order valence-electron chi connectivity index (χ4n) is 2.48. The van der Waals surface area contributed by atoms with Crippen molar-refractivity contribution in [2.45, 2.75) is 32.5 Å². The van der Waals surface area contributed by atoms with Crippen LogP contribution < -0.4 is 4.74 Å². The lowest BCUT2D eigenvalue weighted by Crippen LogP contribution is -2.51. The van der Waals surface area contributed by atoms with Crippen LogP contribution in [0.15, 0.2) is 24.3 Å². The van der Waals surface area contributed by atoms with Crippen LogP contribution in [0, 0.1) is 0 Å². The van der Waals surface area contributed by atoms with Crippen LogP contribution in [0.1, 0.15) is 19.4 Å². The summed E-state index contributed by atoms with van der Waals surface area (Å²) in [5.74, 6) is -0.703. The maximum absolute atomic E-state index is 11.6. The van der Waals surface area contributed by atoms with Gasteiger partial charge in [-0.25, -0.2) is 8.42 Å². The van der Waals surface area contributed by atoms with Gasteiger partial charge in [0, 0.05) is 13.1 Å². The van der Waals surface area contributed by atoms with Gasteiger partial charge in [0.15, 0.2) is 9.84 Å². The van der Waals surface area contributed by atoms with Gasteiger partial charge in [-0.15, -0.1) is 0 Å². The van der Waals surface area contributed by atoms with Crippen LogP contribution in [0.3, 0.4) is 0 Å². The van der Waals surface area contributed by atoms with E-state index >= 15 is 0 Å². The minimum atomic E-state index is -3.27. The zero-order valence-electron chi connectivity index (χ0n) is 12.7. The molecular weight excluding hydrogens is 306 g/mol. The van der Waals surface area contributed by atoms with E-state index in [1.807, 2.05) is 38.1 Å². The van der Waals surface area contributed by atoms with Gasteiger partial charge in [0.25, 0.3) is 0 Å². The van der Waals surface area contributed by atoms with Gasteiger partial charge in [-0.05, 0) is 31.5 Å². The molecule has 1 unspecified atom stereocenters. The standard InChI is InChI=1S/C15H21NO5S/c1-11(2)21-13-5-3-4-12(8-13)9-16-6-7-22(19,20)10-14(16)15(17)18/h3-5,8,11,14H,6-7,9-10H2,1-2H3,(H,17,18). The number of sulfone groups is 1. The Labute approximate surface area is 130 Å². The first-order chi connectivity index (χ1) is 10.3. The summed E-state index contributed by atoms with van der Waals surface area (Å²) in [4.78, 5) is 13.0. The molecule has 0 saturated carbocycles. The van der Waals surface area contributed by atoms with Crippen LogP contribution in [0.4, 0.5) is 0 Å². The third kappa shape index (κ3) is 4.45. The van der Waals surface area contributed by atoms with E-state index in [2.05, 4.69) is 0 Å². The molecule has 0 amide bonds. The summed E-state index contributed by atoms with van der Waals surface area (Å²) in [7, 11) is -3.27. The minimum absolute atomic E-state index is 0.00103. The highest BCUT2D eigenvalue weighted by molar-refractivity contribution is 7.91. The molecule has 0 bridgehead atoms. The lowest BCUT2D eigenvalue weighted by Gasteiger charge is -2.32. The molecule has 7 heteroatoms. The summed E-state index contributed by atoms with van der Waals surface area (Å²) in [6.07, 6.45) is 0.0575. The van der Waals surface area contributed by atoms with Gasteiger partial charge in [0.2, 0.25) is 0 Å². The van der Waals surface area contributed by atoms with Gasteiger partial charge in [-0.2, -0.15) is 0 Å². The predicted octanol–water partition coefficient (Wildman–Crippen LogP) is 1.16. The molecule has 6 nitrogen and oxygen atoms in total. The lowest BCUT2D eigenvalue weighted by molar-refractivity contribution is -0.142. The van der Waals surface area contributed by atoms with Crippen molar-refractivity contribution in [1.82, 2.24) is 4.90 Å². The van der Waals surface area contributed by atoms with E-state index in [0.29, 0.717) is 6.54 Å². The fourth-order valence-corrected chi connectivity index (χ4v) is 4.00. The molecule has 1 aromatic carbocycles. The molecule has 1 N–H and O–H groups in total. The molecule has 1 fully saturated rings. The highest BCUT2D eigenvalue weighted by Crippen LogP contribution is 2.20. The molecule has 0 spiro atoms. The maximum Gasteiger partial charge on any atom is 0.321 e. The van der Waals surface area contributed by atoms with Crippen molar-refractivity contribution >= 4 is 15.8 Å². The molecule has 0 radical (unpaired) electrons. The maximum atomic E-state index is 11.6. The SMILES string of the molecule is CC(C)Oc1cccc(CN2CCS(=O)(=O)CC2C(=O)O)c1. The molecule has 122 valence electrons. The molecule has 1 aliphatic heterocycles. The van der Waals surface area contributed by atoms with Gasteiger partial charge in [-0.1, -0.05) is 12.1 Å². The Morgan fingerprint density at radius 1 is 1.45 bits per heavy atom. The van der Waals surface area contributed by atoms with Crippen LogP contribution in [0.2, 0.25) is 0 Å². The second kappa shape index (κ2) is 6.66. The first kappa shape index (κ1) is 16.8. The van der Waals surface area contributed by atoms with E-state index in [1.54, 1.807) is 4.90 Å². The molecule has 1 aromatic rings. The van der Waals surface area contributed by atoms with E-state index in [4.69, 9.17) is 4.74 Å². The van der Waals surface area contributed by atoms with Crippen molar-refractivity contribution in [2.24, 2.45) is 0 Å². The average Bonchev–Trinajstić information content (AvgIpc) is 2.40. The number of ether oxygens (including phenoxy) is 1. The normalized spacial score (nSPS) is 21.7. The Morgan fingerprint density at radius 3 is 2.82 bits per heavy atom. The molecule has 1 heterocycles. The smallest absolute Gasteiger partial charge is 0.321 e. The Kier molecular flexibility index (Phi) is 5.08. The number of benzene rings is 1. The van der Waals surface area contributed by atoms with Gasteiger partial charge < -0.3 is 9.84 Å². The lowest BCUT2D eigenvalue weighted by atomic mass is 10.1. The summed E-state index contributed by atoms with van der Waals surface area (Å²) in [5.41, 5.74) is 0.906. The topological polar surface area (TPSA) is 83.9 Å². The van der Waals surface area contributed by atoms with Crippen LogP contribution in [0.25, 0.3) is 0 Å². The number of rotatable bonds is 5. The monoisotopic (exact) mass is 327 g/mol. The number of nitrogens with zero attached hydrogens (tertiary/aromatic N) is 1. The quantitative estimate of drug-likeness (QED) is 0.873. The van der Waals surface area contributed by atoms with Crippen LogP contribution in [-0.4, -0.2) is 54.6 Å². The van der Waals surface area contributed by atoms with Crippen molar-refractivity contribution in [3.8, 4) is 5.75 Å².